The molecule has 2 aromatic heterocycles. The van der Waals surface area contributed by atoms with Gasteiger partial charge in [0.05, 0.1) is 5.02 Å². The molecule has 0 amide bonds. The molecule has 0 spiro atoms. The first-order valence-electron chi connectivity index (χ1n) is 5.76. The highest BCUT2D eigenvalue weighted by Gasteiger charge is 2.11. The van der Waals surface area contributed by atoms with E-state index in [1.807, 2.05) is 6.07 Å². The Morgan fingerprint density at radius 3 is 2.88 bits per heavy atom. The van der Waals surface area contributed by atoms with E-state index in [0.29, 0.717) is 0 Å². The van der Waals surface area contributed by atoms with Crippen LogP contribution in [0.4, 0.5) is 0 Å². The molecule has 0 saturated carbocycles. The summed E-state index contributed by atoms with van der Waals surface area (Å²) < 4.78 is 0. The zero-order chi connectivity index (χ0) is 11.5. The smallest absolute Gasteiger partial charge is 0.125 e. The third kappa shape index (κ3) is 2.23. The lowest BCUT2D eigenvalue weighted by Crippen LogP contribution is -1.83. The predicted molar refractivity (Wildman–Crippen MR) is 72.6 cm³/mol. The van der Waals surface area contributed by atoms with Crippen LogP contribution in [0.15, 0.2) is 12.3 Å². The number of aromatic nitrogens is 1. The van der Waals surface area contributed by atoms with Crippen LogP contribution in [-0.4, -0.2) is 4.98 Å². The number of aryl methyl sites for hydroxylation is 2. The van der Waals surface area contributed by atoms with Crippen molar-refractivity contribution in [2.24, 2.45) is 0 Å². The zero-order valence-electron chi connectivity index (χ0n) is 9.72. The molecule has 2 heterocycles. The average Bonchev–Trinajstić information content (AvgIpc) is 2.58. The SMILES string of the molecule is CCCCCc1sc2nccc(Cl)c2c1C. The summed E-state index contributed by atoms with van der Waals surface area (Å²) >= 11 is 8.00. The summed E-state index contributed by atoms with van der Waals surface area (Å²) in [6.07, 6.45) is 6.78. The minimum Gasteiger partial charge on any atom is -0.245 e. The number of nitrogens with zero attached hydrogens (tertiary/aromatic N) is 1. The summed E-state index contributed by atoms with van der Waals surface area (Å²) in [6, 6.07) is 1.87. The molecule has 0 aliphatic heterocycles. The third-order valence-corrected chi connectivity index (χ3v) is 4.46. The lowest BCUT2D eigenvalue weighted by molar-refractivity contribution is 0.721. The number of fused-ring (bicyclic) bond motifs is 1. The molecule has 0 N–H and O–H groups in total. The summed E-state index contributed by atoms with van der Waals surface area (Å²) in [6.45, 7) is 4.39. The van der Waals surface area contributed by atoms with Gasteiger partial charge in [-0.1, -0.05) is 31.4 Å². The van der Waals surface area contributed by atoms with Gasteiger partial charge in [0.1, 0.15) is 4.83 Å². The molecule has 0 atom stereocenters. The molecule has 0 aliphatic rings. The summed E-state index contributed by atoms with van der Waals surface area (Å²) in [4.78, 5) is 6.91. The molecule has 2 rings (SSSR count). The highest BCUT2D eigenvalue weighted by Crippen LogP contribution is 2.34. The number of thiophene rings is 1. The van der Waals surface area contributed by atoms with Crippen LogP contribution in [0.1, 0.15) is 36.6 Å². The van der Waals surface area contributed by atoms with E-state index in [1.54, 1.807) is 17.5 Å². The fraction of sp³-hybridized carbons (Fsp3) is 0.462. The van der Waals surface area contributed by atoms with Crippen LogP contribution in [0.3, 0.4) is 0 Å². The maximum Gasteiger partial charge on any atom is 0.125 e. The van der Waals surface area contributed by atoms with Crippen molar-refractivity contribution in [2.75, 3.05) is 0 Å². The van der Waals surface area contributed by atoms with Crippen molar-refractivity contribution in [1.82, 2.24) is 4.98 Å². The van der Waals surface area contributed by atoms with Crippen LogP contribution in [-0.2, 0) is 6.42 Å². The minimum atomic E-state index is 0.834. The second-order valence-corrected chi connectivity index (χ2v) is 5.57. The number of halogens is 1. The van der Waals surface area contributed by atoms with Gasteiger partial charge >= 0.3 is 0 Å². The predicted octanol–water partition coefficient (Wildman–Crippen LogP) is 4.99. The van der Waals surface area contributed by atoms with Crippen LogP contribution in [0.2, 0.25) is 5.02 Å². The molecule has 0 radical (unpaired) electrons. The molecule has 86 valence electrons. The average molecular weight is 254 g/mol. The van der Waals surface area contributed by atoms with Crippen LogP contribution >= 0.6 is 22.9 Å². The summed E-state index contributed by atoms with van der Waals surface area (Å²) in [5.74, 6) is 0. The maximum atomic E-state index is 6.20. The van der Waals surface area contributed by atoms with Gasteiger partial charge in [-0.05, 0) is 31.4 Å². The molecule has 2 aromatic rings. The van der Waals surface area contributed by atoms with Crippen molar-refractivity contribution < 1.29 is 0 Å². The van der Waals surface area contributed by atoms with Crippen molar-refractivity contribution in [1.29, 1.82) is 0 Å². The Hall–Kier alpha value is -0.600. The Morgan fingerprint density at radius 1 is 1.38 bits per heavy atom. The summed E-state index contributed by atoms with van der Waals surface area (Å²) in [5, 5.41) is 1.99. The molecule has 0 aromatic carbocycles. The lowest BCUT2D eigenvalue weighted by Gasteiger charge is -1.98. The van der Waals surface area contributed by atoms with E-state index in [2.05, 4.69) is 18.8 Å². The van der Waals surface area contributed by atoms with Crippen molar-refractivity contribution >= 4 is 33.2 Å². The second kappa shape index (κ2) is 5.15. The molecule has 16 heavy (non-hydrogen) atoms. The Balaban J connectivity index is 2.33. The van der Waals surface area contributed by atoms with Crippen molar-refractivity contribution in [3.63, 3.8) is 0 Å². The number of hydrogen-bond donors (Lipinski definition) is 0. The summed E-state index contributed by atoms with van der Waals surface area (Å²) in [5.41, 5.74) is 1.33. The van der Waals surface area contributed by atoms with Gasteiger partial charge in [0.25, 0.3) is 0 Å². The van der Waals surface area contributed by atoms with E-state index in [4.69, 9.17) is 11.6 Å². The van der Waals surface area contributed by atoms with Gasteiger partial charge < -0.3 is 0 Å². The van der Waals surface area contributed by atoms with E-state index in [0.717, 1.165) is 21.7 Å². The molecule has 0 unspecified atom stereocenters. The fourth-order valence-corrected chi connectivity index (χ4v) is 3.50. The van der Waals surface area contributed by atoms with E-state index in [-0.39, 0.29) is 0 Å². The number of hydrogen-bond acceptors (Lipinski definition) is 2. The quantitative estimate of drug-likeness (QED) is 0.700. The first-order valence-corrected chi connectivity index (χ1v) is 6.96. The molecule has 0 fully saturated rings. The van der Waals surface area contributed by atoms with E-state index in [9.17, 15) is 0 Å². The van der Waals surface area contributed by atoms with Crippen LogP contribution in [0.25, 0.3) is 10.2 Å². The largest absolute Gasteiger partial charge is 0.245 e. The van der Waals surface area contributed by atoms with E-state index in [1.165, 1.54) is 29.7 Å². The molecule has 1 nitrogen and oxygen atoms in total. The van der Waals surface area contributed by atoms with Crippen molar-refractivity contribution in [3.8, 4) is 0 Å². The van der Waals surface area contributed by atoms with Crippen LogP contribution < -0.4 is 0 Å². The van der Waals surface area contributed by atoms with Crippen LogP contribution in [0.5, 0.6) is 0 Å². The van der Waals surface area contributed by atoms with Gasteiger partial charge in [0, 0.05) is 16.5 Å². The number of unbranched alkanes of at least 4 members (excludes halogenated alkanes) is 2. The third-order valence-electron chi connectivity index (χ3n) is 2.89. The Labute approximate surface area is 105 Å². The molecular formula is C13H16ClNS. The first kappa shape index (κ1) is 11.9. The van der Waals surface area contributed by atoms with Gasteiger partial charge in [0.2, 0.25) is 0 Å². The molecule has 3 heteroatoms. The Morgan fingerprint density at radius 2 is 2.19 bits per heavy atom. The van der Waals surface area contributed by atoms with Crippen molar-refractivity contribution in [3.05, 3.63) is 27.7 Å². The highest BCUT2D eigenvalue weighted by atomic mass is 35.5. The van der Waals surface area contributed by atoms with Gasteiger partial charge in [0.15, 0.2) is 0 Å². The fourth-order valence-electron chi connectivity index (χ4n) is 1.94. The molecule has 0 bridgehead atoms. The monoisotopic (exact) mass is 253 g/mol. The highest BCUT2D eigenvalue weighted by molar-refractivity contribution is 7.18. The standard InChI is InChI=1S/C13H16ClNS/c1-3-4-5-6-11-9(2)12-10(14)7-8-15-13(12)16-11/h7-8H,3-6H2,1-2H3. The maximum absolute atomic E-state index is 6.20. The molecule has 0 aliphatic carbocycles. The van der Waals surface area contributed by atoms with Crippen LogP contribution in [0, 0.1) is 6.92 Å². The van der Waals surface area contributed by atoms with Gasteiger partial charge in [-0.25, -0.2) is 4.98 Å². The molecule has 0 saturated heterocycles. The first-order chi connectivity index (χ1) is 7.74. The number of pyridine rings is 1. The molecular weight excluding hydrogens is 238 g/mol. The summed E-state index contributed by atoms with van der Waals surface area (Å²) in [7, 11) is 0. The Bertz CT molecular complexity index is 490. The minimum absolute atomic E-state index is 0.834. The Kier molecular flexibility index (Phi) is 3.82. The van der Waals surface area contributed by atoms with E-state index >= 15 is 0 Å². The second-order valence-electron chi connectivity index (χ2n) is 4.08. The van der Waals surface area contributed by atoms with Gasteiger partial charge in [-0.2, -0.15) is 0 Å². The number of rotatable bonds is 4. The topological polar surface area (TPSA) is 12.9 Å². The van der Waals surface area contributed by atoms with E-state index < -0.39 is 0 Å². The zero-order valence-corrected chi connectivity index (χ0v) is 11.3. The van der Waals surface area contributed by atoms with Gasteiger partial charge in [-0.15, -0.1) is 11.3 Å². The van der Waals surface area contributed by atoms with Crippen molar-refractivity contribution in [2.45, 2.75) is 39.5 Å². The lowest BCUT2D eigenvalue weighted by atomic mass is 10.1. The van der Waals surface area contributed by atoms with Gasteiger partial charge in [-0.3, -0.25) is 0 Å². The normalized spacial score (nSPS) is 11.2.